The summed E-state index contributed by atoms with van der Waals surface area (Å²) in [7, 11) is 3.89. The summed E-state index contributed by atoms with van der Waals surface area (Å²) in [5.74, 6) is 1.90. The van der Waals surface area contributed by atoms with E-state index in [-0.39, 0.29) is 5.91 Å². The van der Waals surface area contributed by atoms with Crippen LogP contribution in [0.2, 0.25) is 0 Å². The van der Waals surface area contributed by atoms with Crippen LogP contribution in [0.5, 0.6) is 0 Å². The average molecular weight is 325 g/mol. The lowest BCUT2D eigenvalue weighted by Crippen LogP contribution is -2.49. The zero-order chi connectivity index (χ0) is 16.9. The third-order valence-electron chi connectivity index (χ3n) is 4.25. The van der Waals surface area contributed by atoms with Crippen molar-refractivity contribution in [3.63, 3.8) is 0 Å². The van der Waals surface area contributed by atoms with Crippen LogP contribution in [0.1, 0.15) is 5.56 Å². The molecule has 0 radical (unpaired) electrons. The summed E-state index contributed by atoms with van der Waals surface area (Å²) in [6, 6.07) is 13.9. The van der Waals surface area contributed by atoms with E-state index < -0.39 is 0 Å². The topological polar surface area (TPSA) is 52.6 Å². The minimum Gasteiger partial charge on any atom is -0.361 e. The Labute approximate surface area is 142 Å². The maximum Gasteiger partial charge on any atom is 0.227 e. The molecular weight excluding hydrogens is 302 g/mol. The fourth-order valence-corrected chi connectivity index (χ4v) is 2.79. The van der Waals surface area contributed by atoms with E-state index in [1.165, 1.54) is 0 Å². The molecule has 1 fully saturated rings. The van der Waals surface area contributed by atoms with Gasteiger partial charge in [0.2, 0.25) is 5.91 Å². The van der Waals surface area contributed by atoms with E-state index in [1.54, 1.807) is 0 Å². The molecule has 1 aromatic carbocycles. The van der Waals surface area contributed by atoms with Gasteiger partial charge in [0.15, 0.2) is 11.6 Å². The third-order valence-corrected chi connectivity index (χ3v) is 4.25. The minimum absolute atomic E-state index is 0.190. The summed E-state index contributed by atoms with van der Waals surface area (Å²) in [6.07, 6.45) is 0.470. The maximum atomic E-state index is 12.4. The van der Waals surface area contributed by atoms with Crippen molar-refractivity contribution < 1.29 is 4.79 Å². The predicted octanol–water partition coefficient (Wildman–Crippen LogP) is 1.43. The average Bonchev–Trinajstić information content (AvgIpc) is 2.63. The monoisotopic (exact) mass is 325 g/mol. The normalized spacial score (nSPS) is 14.6. The molecule has 1 aromatic heterocycles. The second-order valence-corrected chi connectivity index (χ2v) is 6.17. The van der Waals surface area contributed by atoms with Crippen LogP contribution in [-0.2, 0) is 11.2 Å². The fourth-order valence-electron chi connectivity index (χ4n) is 2.79. The molecule has 3 rings (SSSR count). The third kappa shape index (κ3) is 3.82. The number of piperazine rings is 1. The van der Waals surface area contributed by atoms with E-state index >= 15 is 0 Å². The van der Waals surface area contributed by atoms with Gasteiger partial charge in [0.25, 0.3) is 0 Å². The summed E-state index contributed by atoms with van der Waals surface area (Å²) >= 11 is 0. The molecule has 1 aliphatic rings. The largest absolute Gasteiger partial charge is 0.361 e. The summed E-state index contributed by atoms with van der Waals surface area (Å²) in [6.45, 7) is 3.03. The number of hydrogen-bond donors (Lipinski definition) is 0. The van der Waals surface area contributed by atoms with E-state index in [2.05, 4.69) is 15.1 Å². The smallest absolute Gasteiger partial charge is 0.227 e. The van der Waals surface area contributed by atoms with Crippen LogP contribution in [0.15, 0.2) is 42.5 Å². The highest BCUT2D eigenvalue weighted by Crippen LogP contribution is 2.16. The van der Waals surface area contributed by atoms with Crippen molar-refractivity contribution in [1.29, 1.82) is 0 Å². The first-order valence-electron chi connectivity index (χ1n) is 8.21. The van der Waals surface area contributed by atoms with Gasteiger partial charge in [-0.15, -0.1) is 10.2 Å². The molecule has 0 spiro atoms. The molecule has 0 saturated carbocycles. The van der Waals surface area contributed by atoms with E-state index in [1.807, 2.05) is 66.4 Å². The molecule has 1 amide bonds. The second kappa shape index (κ2) is 7.29. The number of benzene rings is 1. The first-order chi connectivity index (χ1) is 11.6. The van der Waals surface area contributed by atoms with E-state index in [0.717, 1.165) is 43.4 Å². The van der Waals surface area contributed by atoms with Crippen LogP contribution in [0.25, 0.3) is 0 Å². The van der Waals surface area contributed by atoms with Crippen molar-refractivity contribution in [3.8, 4) is 0 Å². The van der Waals surface area contributed by atoms with Crippen molar-refractivity contribution in [2.45, 2.75) is 6.42 Å². The van der Waals surface area contributed by atoms with E-state index in [9.17, 15) is 4.79 Å². The van der Waals surface area contributed by atoms with Gasteiger partial charge in [0.05, 0.1) is 6.42 Å². The van der Waals surface area contributed by atoms with E-state index in [4.69, 9.17) is 0 Å². The Kier molecular flexibility index (Phi) is 4.93. The van der Waals surface area contributed by atoms with Gasteiger partial charge in [-0.25, -0.2) is 0 Å². The van der Waals surface area contributed by atoms with Gasteiger partial charge < -0.3 is 14.7 Å². The highest BCUT2D eigenvalue weighted by molar-refractivity contribution is 5.79. The molecule has 0 unspecified atom stereocenters. The Morgan fingerprint density at radius 2 is 1.71 bits per heavy atom. The predicted molar refractivity (Wildman–Crippen MR) is 95.3 cm³/mol. The lowest BCUT2D eigenvalue weighted by Gasteiger charge is -2.35. The molecule has 24 heavy (non-hydrogen) atoms. The van der Waals surface area contributed by atoms with Gasteiger partial charge in [-0.2, -0.15) is 0 Å². The molecule has 1 aliphatic heterocycles. The zero-order valence-corrected chi connectivity index (χ0v) is 14.2. The van der Waals surface area contributed by atoms with Crippen LogP contribution < -0.4 is 9.80 Å². The molecule has 1 saturated heterocycles. The molecule has 0 atom stereocenters. The molecule has 6 nitrogen and oxygen atoms in total. The Balaban J connectivity index is 1.54. The first-order valence-corrected chi connectivity index (χ1v) is 8.21. The zero-order valence-electron chi connectivity index (χ0n) is 14.2. The summed E-state index contributed by atoms with van der Waals surface area (Å²) in [5.41, 5.74) is 1.06. The Bertz CT molecular complexity index is 664. The molecule has 6 heteroatoms. The van der Waals surface area contributed by atoms with Gasteiger partial charge in [-0.3, -0.25) is 4.79 Å². The SMILES string of the molecule is CN(C)c1ccc(N2CCN(C(=O)Cc3ccccc3)CC2)nn1. The molecule has 0 aliphatic carbocycles. The number of carbonyl (C=O) groups excluding carboxylic acids is 1. The number of aromatic nitrogens is 2. The maximum absolute atomic E-state index is 12.4. The van der Waals surface area contributed by atoms with Crippen LogP contribution in [0.4, 0.5) is 11.6 Å². The molecule has 0 bridgehead atoms. The van der Waals surface area contributed by atoms with Gasteiger partial charge >= 0.3 is 0 Å². The van der Waals surface area contributed by atoms with Crippen molar-refractivity contribution >= 4 is 17.5 Å². The Hall–Kier alpha value is -2.63. The van der Waals surface area contributed by atoms with Gasteiger partial charge in [0, 0.05) is 40.3 Å². The van der Waals surface area contributed by atoms with Gasteiger partial charge in [0.1, 0.15) is 0 Å². The summed E-state index contributed by atoms with van der Waals surface area (Å²) < 4.78 is 0. The molecule has 126 valence electrons. The van der Waals surface area contributed by atoms with Crippen LogP contribution >= 0.6 is 0 Å². The number of amides is 1. The number of hydrogen-bond acceptors (Lipinski definition) is 5. The summed E-state index contributed by atoms with van der Waals surface area (Å²) in [5, 5.41) is 8.51. The van der Waals surface area contributed by atoms with Crippen molar-refractivity contribution in [2.75, 3.05) is 50.1 Å². The standard InChI is InChI=1S/C18H23N5O/c1-21(2)16-8-9-17(20-19-16)22-10-12-23(13-11-22)18(24)14-15-6-4-3-5-7-15/h3-9H,10-14H2,1-2H3. The summed E-state index contributed by atoms with van der Waals surface area (Å²) in [4.78, 5) is 18.4. The van der Waals surface area contributed by atoms with Crippen LogP contribution in [0, 0.1) is 0 Å². The van der Waals surface area contributed by atoms with E-state index in [0.29, 0.717) is 6.42 Å². The number of nitrogens with zero attached hydrogens (tertiary/aromatic N) is 5. The number of carbonyl (C=O) groups is 1. The first kappa shape index (κ1) is 16.2. The highest BCUT2D eigenvalue weighted by atomic mass is 16.2. The lowest BCUT2D eigenvalue weighted by molar-refractivity contribution is -0.130. The molecular formula is C18H23N5O. The number of anilines is 2. The molecule has 2 aromatic rings. The minimum atomic E-state index is 0.190. The van der Waals surface area contributed by atoms with Crippen molar-refractivity contribution in [1.82, 2.24) is 15.1 Å². The second-order valence-electron chi connectivity index (χ2n) is 6.17. The van der Waals surface area contributed by atoms with Crippen molar-refractivity contribution in [2.24, 2.45) is 0 Å². The van der Waals surface area contributed by atoms with Gasteiger partial charge in [-0.05, 0) is 17.7 Å². The Morgan fingerprint density at radius 1 is 1.00 bits per heavy atom. The number of rotatable bonds is 4. The quantitative estimate of drug-likeness (QED) is 0.851. The Morgan fingerprint density at radius 3 is 2.29 bits per heavy atom. The van der Waals surface area contributed by atoms with Crippen LogP contribution in [0.3, 0.4) is 0 Å². The molecule has 2 heterocycles. The van der Waals surface area contributed by atoms with Crippen molar-refractivity contribution in [3.05, 3.63) is 48.0 Å². The fraction of sp³-hybridized carbons (Fsp3) is 0.389. The molecule has 0 N–H and O–H groups in total. The van der Waals surface area contributed by atoms with Crippen LogP contribution in [-0.4, -0.2) is 61.3 Å². The van der Waals surface area contributed by atoms with Gasteiger partial charge in [-0.1, -0.05) is 30.3 Å². The highest BCUT2D eigenvalue weighted by Gasteiger charge is 2.22. The lowest BCUT2D eigenvalue weighted by atomic mass is 10.1.